The maximum atomic E-state index is 13.2. The lowest BCUT2D eigenvalue weighted by Crippen LogP contribution is -2.31. The van der Waals surface area contributed by atoms with Crippen molar-refractivity contribution >= 4 is 40.4 Å². The quantitative estimate of drug-likeness (QED) is 0.304. The average molecular weight is 472 g/mol. The molecule has 4 rings (SSSR count). The number of thiophene rings is 1. The number of ether oxygens (including phenoxy) is 1. The molecule has 0 aliphatic carbocycles. The molecule has 1 fully saturated rings. The molecule has 2 heterocycles. The lowest BCUT2D eigenvalue weighted by atomic mass is 9.99. The van der Waals surface area contributed by atoms with Crippen molar-refractivity contribution in [1.82, 2.24) is 4.90 Å². The van der Waals surface area contributed by atoms with Gasteiger partial charge in [-0.05, 0) is 53.8 Å². The zero-order valence-electron chi connectivity index (χ0n) is 17.0. The number of halogens is 2. The molecule has 8 heteroatoms. The lowest BCUT2D eigenvalue weighted by molar-refractivity contribution is -0.139. The zero-order valence-corrected chi connectivity index (χ0v) is 18.6. The molecule has 1 aliphatic rings. The summed E-state index contributed by atoms with van der Waals surface area (Å²) in [6.07, 6.45) is 0.435. The Labute approximate surface area is 193 Å². The summed E-state index contributed by atoms with van der Waals surface area (Å²) in [6, 6.07) is 13.6. The number of ketones is 1. The van der Waals surface area contributed by atoms with Crippen LogP contribution in [0.5, 0.6) is 5.75 Å². The topological polar surface area (TPSA) is 66.8 Å². The van der Waals surface area contributed by atoms with Gasteiger partial charge in [-0.3, -0.25) is 9.59 Å². The zero-order chi connectivity index (χ0) is 22.8. The molecule has 1 aliphatic heterocycles. The van der Waals surface area contributed by atoms with Gasteiger partial charge in [-0.15, -0.1) is 11.3 Å². The Morgan fingerprint density at radius 1 is 1.19 bits per heavy atom. The Morgan fingerprint density at radius 2 is 1.94 bits per heavy atom. The summed E-state index contributed by atoms with van der Waals surface area (Å²) in [4.78, 5) is 28.2. The fraction of sp³-hybridized carbons (Fsp3) is 0.167. The van der Waals surface area contributed by atoms with E-state index in [1.54, 1.807) is 24.3 Å². The standard InChI is InChI=1S/C24H19ClFNO4S/c1-31-18-13-15(6-9-17(18)25)22(28)20-21(19-3-2-12-32-19)27(24(30)23(20)29)11-10-14-4-7-16(26)8-5-14/h2-9,12-13,21,28H,10-11H2,1H3/b22-20-. The predicted octanol–water partition coefficient (Wildman–Crippen LogP) is 5.21. The molecule has 32 heavy (non-hydrogen) atoms. The molecule has 1 N–H and O–H groups in total. The van der Waals surface area contributed by atoms with Gasteiger partial charge in [0.05, 0.1) is 23.7 Å². The number of rotatable bonds is 6. The number of likely N-dealkylation sites (tertiary alicyclic amines) is 1. The normalized spacial score (nSPS) is 17.7. The summed E-state index contributed by atoms with van der Waals surface area (Å²) in [5, 5.41) is 13.3. The molecule has 1 unspecified atom stereocenters. The van der Waals surface area contributed by atoms with E-state index >= 15 is 0 Å². The van der Waals surface area contributed by atoms with E-state index in [1.807, 2.05) is 17.5 Å². The molecule has 0 spiro atoms. The van der Waals surface area contributed by atoms with Crippen LogP contribution in [0.25, 0.3) is 5.76 Å². The highest BCUT2D eigenvalue weighted by molar-refractivity contribution is 7.10. The highest BCUT2D eigenvalue weighted by atomic mass is 35.5. The number of benzene rings is 2. The number of aliphatic hydroxyl groups excluding tert-OH is 1. The van der Waals surface area contributed by atoms with E-state index in [9.17, 15) is 19.1 Å². The number of nitrogens with zero attached hydrogens (tertiary/aromatic N) is 1. The van der Waals surface area contributed by atoms with Crippen molar-refractivity contribution in [2.45, 2.75) is 12.5 Å². The van der Waals surface area contributed by atoms with E-state index in [-0.39, 0.29) is 23.7 Å². The Kier molecular flexibility index (Phi) is 6.30. The van der Waals surface area contributed by atoms with Crippen LogP contribution < -0.4 is 4.74 Å². The van der Waals surface area contributed by atoms with Gasteiger partial charge in [0.25, 0.3) is 11.7 Å². The molecule has 0 radical (unpaired) electrons. The van der Waals surface area contributed by atoms with Crippen LogP contribution in [0.2, 0.25) is 5.02 Å². The van der Waals surface area contributed by atoms with E-state index in [0.29, 0.717) is 22.8 Å². The first-order valence-corrected chi connectivity index (χ1v) is 11.1. The van der Waals surface area contributed by atoms with Crippen molar-refractivity contribution in [3.63, 3.8) is 0 Å². The first-order chi connectivity index (χ1) is 15.4. The maximum Gasteiger partial charge on any atom is 0.295 e. The molecular weight excluding hydrogens is 453 g/mol. The molecule has 3 aromatic rings. The number of carbonyl (C=O) groups excluding carboxylic acids is 2. The summed E-state index contributed by atoms with van der Waals surface area (Å²) < 4.78 is 18.4. The second-order valence-corrected chi connectivity index (χ2v) is 8.62. The minimum absolute atomic E-state index is 0.0148. The highest BCUT2D eigenvalue weighted by Crippen LogP contribution is 2.41. The fourth-order valence-corrected chi connectivity index (χ4v) is 4.76. The summed E-state index contributed by atoms with van der Waals surface area (Å²) in [5.41, 5.74) is 1.17. The summed E-state index contributed by atoms with van der Waals surface area (Å²) in [6.45, 7) is 0.236. The third kappa shape index (κ3) is 4.13. The second kappa shape index (κ2) is 9.14. The SMILES string of the molecule is COc1cc(/C(O)=C2/C(=O)C(=O)N(CCc3ccc(F)cc3)C2c2cccs2)ccc1Cl. The van der Waals surface area contributed by atoms with Gasteiger partial charge in [-0.1, -0.05) is 29.8 Å². The molecule has 1 amide bonds. The van der Waals surface area contributed by atoms with Gasteiger partial charge in [0.1, 0.15) is 17.3 Å². The van der Waals surface area contributed by atoms with E-state index in [4.69, 9.17) is 16.3 Å². The van der Waals surface area contributed by atoms with Gasteiger partial charge >= 0.3 is 0 Å². The van der Waals surface area contributed by atoms with Gasteiger partial charge in [0.15, 0.2) is 0 Å². The Morgan fingerprint density at radius 3 is 2.59 bits per heavy atom. The maximum absolute atomic E-state index is 13.2. The number of amides is 1. The minimum atomic E-state index is -0.756. The Hall–Kier alpha value is -3.16. The van der Waals surface area contributed by atoms with Crippen LogP contribution in [0.1, 0.15) is 22.0 Å². The van der Waals surface area contributed by atoms with Crippen LogP contribution in [-0.2, 0) is 16.0 Å². The molecule has 5 nitrogen and oxygen atoms in total. The Bertz CT molecular complexity index is 1190. The number of methoxy groups -OCH3 is 1. The molecule has 1 atom stereocenters. The Balaban J connectivity index is 1.74. The van der Waals surface area contributed by atoms with Gasteiger partial charge in [0.2, 0.25) is 0 Å². The molecule has 2 aromatic carbocycles. The third-order valence-electron chi connectivity index (χ3n) is 5.33. The number of hydrogen-bond acceptors (Lipinski definition) is 5. The van der Waals surface area contributed by atoms with Crippen molar-refractivity contribution in [3.05, 3.63) is 92.4 Å². The van der Waals surface area contributed by atoms with Crippen LogP contribution in [0.4, 0.5) is 4.39 Å². The molecule has 1 saturated heterocycles. The van der Waals surface area contributed by atoms with Crippen molar-refractivity contribution in [2.24, 2.45) is 0 Å². The van der Waals surface area contributed by atoms with Crippen molar-refractivity contribution < 1.29 is 23.8 Å². The largest absolute Gasteiger partial charge is 0.507 e. The average Bonchev–Trinajstić information content (AvgIpc) is 3.41. The van der Waals surface area contributed by atoms with Crippen molar-refractivity contribution in [1.29, 1.82) is 0 Å². The summed E-state index contributed by atoms with van der Waals surface area (Å²) in [7, 11) is 1.45. The van der Waals surface area contributed by atoms with E-state index in [0.717, 1.165) is 10.4 Å². The van der Waals surface area contributed by atoms with Gasteiger partial charge in [-0.2, -0.15) is 0 Å². The van der Waals surface area contributed by atoms with Crippen LogP contribution >= 0.6 is 22.9 Å². The highest BCUT2D eigenvalue weighted by Gasteiger charge is 2.46. The minimum Gasteiger partial charge on any atom is -0.507 e. The van der Waals surface area contributed by atoms with Gasteiger partial charge in [-0.25, -0.2) is 4.39 Å². The van der Waals surface area contributed by atoms with Crippen LogP contribution in [0, 0.1) is 5.82 Å². The number of hydrogen-bond donors (Lipinski definition) is 1. The van der Waals surface area contributed by atoms with Crippen LogP contribution in [0.3, 0.4) is 0 Å². The molecule has 1 aromatic heterocycles. The van der Waals surface area contributed by atoms with E-state index < -0.39 is 17.7 Å². The molecular formula is C24H19ClFNO4S. The van der Waals surface area contributed by atoms with E-state index in [2.05, 4.69) is 0 Å². The predicted molar refractivity (Wildman–Crippen MR) is 121 cm³/mol. The number of carbonyl (C=O) groups is 2. The second-order valence-electron chi connectivity index (χ2n) is 7.23. The van der Waals surface area contributed by atoms with Crippen LogP contribution in [-0.4, -0.2) is 35.4 Å². The smallest absolute Gasteiger partial charge is 0.295 e. The molecule has 0 saturated carbocycles. The summed E-state index contributed by atoms with van der Waals surface area (Å²) >= 11 is 7.47. The first kappa shape index (κ1) is 22.0. The van der Waals surface area contributed by atoms with Crippen molar-refractivity contribution in [2.75, 3.05) is 13.7 Å². The summed E-state index contributed by atoms with van der Waals surface area (Å²) in [5.74, 6) is -1.73. The number of aliphatic hydroxyl groups is 1. The monoisotopic (exact) mass is 471 g/mol. The van der Waals surface area contributed by atoms with Crippen molar-refractivity contribution in [3.8, 4) is 5.75 Å². The van der Waals surface area contributed by atoms with Gasteiger partial charge < -0.3 is 14.7 Å². The van der Waals surface area contributed by atoms with Crippen LogP contribution in [0.15, 0.2) is 65.6 Å². The number of Topliss-reactive ketones (excluding diaryl/α,β-unsaturated/α-hetero) is 1. The fourth-order valence-electron chi connectivity index (χ4n) is 3.72. The molecule has 164 valence electrons. The van der Waals surface area contributed by atoms with Gasteiger partial charge in [0, 0.05) is 17.0 Å². The van der Waals surface area contributed by atoms with E-state index in [1.165, 1.54) is 41.5 Å². The third-order valence-corrected chi connectivity index (χ3v) is 6.57. The molecule has 0 bridgehead atoms. The lowest BCUT2D eigenvalue weighted by Gasteiger charge is -2.24. The first-order valence-electron chi connectivity index (χ1n) is 9.81.